The molecule has 3 aromatic carbocycles. The number of benzene rings is 3. The van der Waals surface area contributed by atoms with Gasteiger partial charge in [-0.05, 0) is 48.0 Å². The van der Waals surface area contributed by atoms with Gasteiger partial charge in [0.1, 0.15) is 5.75 Å². The molecule has 0 amide bonds. The van der Waals surface area contributed by atoms with E-state index in [-0.39, 0.29) is 17.4 Å². The zero-order valence-corrected chi connectivity index (χ0v) is 17.4. The number of oxazole rings is 1. The van der Waals surface area contributed by atoms with Crippen molar-refractivity contribution in [1.82, 2.24) is 4.98 Å². The molecule has 0 atom stereocenters. The van der Waals surface area contributed by atoms with Gasteiger partial charge >= 0.3 is 0 Å². The number of rotatable bonds is 4. The molecule has 5 aromatic rings. The Morgan fingerprint density at radius 3 is 2.42 bits per heavy atom. The van der Waals surface area contributed by atoms with Gasteiger partial charge in [0.05, 0.1) is 9.90 Å². The molecule has 5 rings (SSSR count). The van der Waals surface area contributed by atoms with Crippen LogP contribution >= 0.6 is 22.9 Å². The summed E-state index contributed by atoms with van der Waals surface area (Å²) in [6, 6.07) is 19.4. The summed E-state index contributed by atoms with van der Waals surface area (Å²) >= 11 is 7.60. The van der Waals surface area contributed by atoms with Crippen LogP contribution < -0.4 is 0 Å². The number of aromatic hydroxyl groups is 2. The van der Waals surface area contributed by atoms with Crippen LogP contribution in [0.4, 0.5) is 0 Å². The molecule has 0 aliphatic carbocycles. The predicted molar refractivity (Wildman–Crippen MR) is 121 cm³/mol. The molecule has 0 saturated carbocycles. The maximum atomic E-state index is 13.4. The Balaban J connectivity index is 1.68. The summed E-state index contributed by atoms with van der Waals surface area (Å²) in [6.45, 7) is 0. The highest BCUT2D eigenvalue weighted by Gasteiger charge is 2.23. The third kappa shape index (κ3) is 3.46. The highest BCUT2D eigenvalue weighted by atomic mass is 35.5. The summed E-state index contributed by atoms with van der Waals surface area (Å²) in [4.78, 5) is 17.9. The van der Waals surface area contributed by atoms with Crippen LogP contribution in [-0.4, -0.2) is 21.0 Å². The average Bonchev–Trinajstić information content (AvgIpc) is 3.37. The standard InChI is InChI=1S/C24H14ClNO4S/c25-18-4-2-1-3-16(18)22(29)23-21(17-10-9-15(27)11-19(17)31-23)13-5-7-14(8-6-13)24-26-20(28)12-30-24/h1-12,27-28H. The summed E-state index contributed by atoms with van der Waals surface area (Å²) in [7, 11) is 0. The molecule has 31 heavy (non-hydrogen) atoms. The number of fused-ring (bicyclic) bond motifs is 1. The molecular formula is C24H14ClNO4S. The lowest BCUT2D eigenvalue weighted by molar-refractivity contribution is 0.104. The molecule has 0 saturated heterocycles. The van der Waals surface area contributed by atoms with E-state index >= 15 is 0 Å². The second-order valence-corrected chi connectivity index (χ2v) is 8.34. The van der Waals surface area contributed by atoms with Crippen LogP contribution in [0.2, 0.25) is 5.02 Å². The van der Waals surface area contributed by atoms with Crippen LogP contribution in [-0.2, 0) is 0 Å². The van der Waals surface area contributed by atoms with Crippen molar-refractivity contribution in [3.05, 3.63) is 88.5 Å². The van der Waals surface area contributed by atoms with E-state index in [0.29, 0.717) is 26.9 Å². The average molecular weight is 448 g/mol. The summed E-state index contributed by atoms with van der Waals surface area (Å²) < 4.78 is 6.04. The van der Waals surface area contributed by atoms with Crippen LogP contribution in [0.25, 0.3) is 32.7 Å². The molecular weight excluding hydrogens is 434 g/mol. The van der Waals surface area contributed by atoms with E-state index < -0.39 is 0 Å². The molecule has 7 heteroatoms. The molecule has 0 aliphatic rings. The number of hydrogen-bond acceptors (Lipinski definition) is 6. The number of nitrogens with zero attached hydrogens (tertiary/aromatic N) is 1. The molecule has 0 fully saturated rings. The van der Waals surface area contributed by atoms with Gasteiger partial charge < -0.3 is 14.6 Å². The molecule has 2 N–H and O–H groups in total. The zero-order chi connectivity index (χ0) is 21.5. The zero-order valence-electron chi connectivity index (χ0n) is 15.9. The van der Waals surface area contributed by atoms with Gasteiger partial charge in [0.25, 0.3) is 5.88 Å². The Hall–Kier alpha value is -3.61. The number of carbonyl (C=O) groups excluding carboxylic acids is 1. The van der Waals surface area contributed by atoms with Crippen molar-refractivity contribution in [2.45, 2.75) is 0 Å². The third-order valence-electron chi connectivity index (χ3n) is 4.91. The molecule has 2 aromatic heterocycles. The monoisotopic (exact) mass is 447 g/mol. The minimum atomic E-state index is -0.185. The summed E-state index contributed by atoms with van der Waals surface area (Å²) in [5.74, 6) is 0.0749. The summed E-state index contributed by atoms with van der Waals surface area (Å²) in [5.41, 5.74) is 2.71. The first kappa shape index (κ1) is 19.4. The first-order chi connectivity index (χ1) is 15.0. The number of carbonyl (C=O) groups is 1. The van der Waals surface area contributed by atoms with E-state index in [1.807, 2.05) is 24.3 Å². The molecule has 0 spiro atoms. The first-order valence-corrected chi connectivity index (χ1v) is 10.5. The Bertz CT molecular complexity index is 1440. The minimum Gasteiger partial charge on any atom is -0.508 e. The van der Waals surface area contributed by atoms with Crippen molar-refractivity contribution in [3.8, 4) is 34.2 Å². The number of phenols is 1. The quantitative estimate of drug-likeness (QED) is 0.306. The van der Waals surface area contributed by atoms with Gasteiger partial charge in [-0.2, -0.15) is 4.98 Å². The van der Waals surface area contributed by atoms with Crippen LogP contribution in [0.3, 0.4) is 0 Å². The van der Waals surface area contributed by atoms with Gasteiger partial charge in [-0.3, -0.25) is 4.79 Å². The third-order valence-corrected chi connectivity index (χ3v) is 6.39. The maximum absolute atomic E-state index is 13.4. The molecule has 2 heterocycles. The fourth-order valence-electron chi connectivity index (χ4n) is 3.48. The van der Waals surface area contributed by atoms with Crippen LogP contribution in [0.1, 0.15) is 15.2 Å². The Morgan fingerprint density at radius 1 is 0.968 bits per heavy atom. The largest absolute Gasteiger partial charge is 0.508 e. The smallest absolute Gasteiger partial charge is 0.250 e. The number of ketones is 1. The van der Waals surface area contributed by atoms with Gasteiger partial charge in [-0.1, -0.05) is 35.9 Å². The number of aromatic nitrogens is 1. The molecule has 0 unspecified atom stereocenters. The van der Waals surface area contributed by atoms with Crippen molar-refractivity contribution in [2.75, 3.05) is 0 Å². The first-order valence-electron chi connectivity index (χ1n) is 9.31. The van der Waals surface area contributed by atoms with Gasteiger partial charge in [0, 0.05) is 26.8 Å². The normalized spacial score (nSPS) is 11.1. The molecule has 5 nitrogen and oxygen atoms in total. The fraction of sp³-hybridized carbons (Fsp3) is 0. The van der Waals surface area contributed by atoms with Gasteiger partial charge in [-0.15, -0.1) is 11.3 Å². The lowest BCUT2D eigenvalue weighted by Gasteiger charge is -2.07. The van der Waals surface area contributed by atoms with Crippen LogP contribution in [0, 0.1) is 0 Å². The highest BCUT2D eigenvalue weighted by Crippen LogP contribution is 2.42. The van der Waals surface area contributed by atoms with Crippen molar-refractivity contribution in [2.24, 2.45) is 0 Å². The number of hydrogen-bond donors (Lipinski definition) is 2. The van der Waals surface area contributed by atoms with Crippen molar-refractivity contribution in [1.29, 1.82) is 0 Å². The van der Waals surface area contributed by atoms with E-state index in [9.17, 15) is 15.0 Å². The van der Waals surface area contributed by atoms with Crippen LogP contribution in [0.5, 0.6) is 11.6 Å². The van der Waals surface area contributed by atoms with E-state index in [4.69, 9.17) is 16.0 Å². The lowest BCUT2D eigenvalue weighted by Crippen LogP contribution is -2.01. The van der Waals surface area contributed by atoms with E-state index in [1.54, 1.807) is 42.5 Å². The SMILES string of the molecule is O=C(c1ccccc1Cl)c1sc2cc(O)ccc2c1-c1ccc(-c2nc(O)co2)cc1. The topological polar surface area (TPSA) is 83.6 Å². The van der Waals surface area contributed by atoms with E-state index in [1.165, 1.54) is 17.6 Å². The van der Waals surface area contributed by atoms with E-state index in [0.717, 1.165) is 21.2 Å². The molecule has 0 bridgehead atoms. The van der Waals surface area contributed by atoms with Gasteiger partial charge in [0.2, 0.25) is 11.7 Å². The van der Waals surface area contributed by atoms with Crippen molar-refractivity contribution >= 4 is 38.8 Å². The van der Waals surface area contributed by atoms with Gasteiger partial charge in [0.15, 0.2) is 6.26 Å². The Labute approximate surface area is 185 Å². The Morgan fingerprint density at radius 2 is 1.71 bits per heavy atom. The number of halogens is 1. The second-order valence-electron chi connectivity index (χ2n) is 6.88. The summed E-state index contributed by atoms with van der Waals surface area (Å²) in [5, 5.41) is 20.6. The second kappa shape index (κ2) is 7.58. The number of phenolic OH excluding ortho intramolecular Hbond substituents is 1. The maximum Gasteiger partial charge on any atom is 0.250 e. The van der Waals surface area contributed by atoms with Crippen LogP contribution in [0.15, 0.2) is 77.4 Å². The minimum absolute atomic E-state index is 0.135. The fourth-order valence-corrected chi connectivity index (χ4v) is 4.91. The predicted octanol–water partition coefficient (Wildman–Crippen LogP) is 6.52. The Kier molecular flexibility index (Phi) is 4.73. The summed E-state index contributed by atoms with van der Waals surface area (Å²) in [6.07, 6.45) is 1.17. The molecule has 152 valence electrons. The van der Waals surface area contributed by atoms with Gasteiger partial charge in [-0.25, -0.2) is 0 Å². The number of thiophene rings is 1. The highest BCUT2D eigenvalue weighted by molar-refractivity contribution is 7.21. The lowest BCUT2D eigenvalue weighted by atomic mass is 9.97. The van der Waals surface area contributed by atoms with Crippen molar-refractivity contribution < 1.29 is 19.4 Å². The molecule has 0 radical (unpaired) electrons. The van der Waals surface area contributed by atoms with Crippen molar-refractivity contribution in [3.63, 3.8) is 0 Å². The molecule has 0 aliphatic heterocycles. The van der Waals surface area contributed by atoms with E-state index in [2.05, 4.69) is 4.98 Å².